The van der Waals surface area contributed by atoms with E-state index in [9.17, 15) is 13.2 Å². The third-order valence-electron chi connectivity index (χ3n) is 3.50. The first-order valence-electron chi connectivity index (χ1n) is 7.27. The van der Waals surface area contributed by atoms with Gasteiger partial charge < -0.3 is 4.90 Å². The highest BCUT2D eigenvalue weighted by Crippen LogP contribution is 2.25. The molecule has 0 fully saturated rings. The molecule has 128 valence electrons. The Balaban J connectivity index is 2.49. The van der Waals surface area contributed by atoms with E-state index in [1.807, 2.05) is 6.92 Å². The summed E-state index contributed by atoms with van der Waals surface area (Å²) in [6.45, 7) is 1.59. The fraction of sp³-hybridized carbons (Fsp3) is 0.235. The molecule has 2 aromatic carbocycles. The first kappa shape index (κ1) is 18.3. The highest BCUT2D eigenvalue weighted by Gasteiger charge is 2.27. The van der Waals surface area contributed by atoms with E-state index in [1.165, 1.54) is 17.0 Å². The molecule has 2 aromatic rings. The largest absolute Gasteiger partial charge is 0.347 e. The van der Waals surface area contributed by atoms with Gasteiger partial charge in [-0.3, -0.25) is 9.10 Å². The van der Waals surface area contributed by atoms with Crippen molar-refractivity contribution in [3.05, 3.63) is 59.1 Å². The van der Waals surface area contributed by atoms with Crippen molar-refractivity contribution in [2.24, 2.45) is 0 Å². The summed E-state index contributed by atoms with van der Waals surface area (Å²) in [5, 5.41) is 0.491. The van der Waals surface area contributed by atoms with Crippen LogP contribution in [0.5, 0.6) is 0 Å². The predicted octanol–water partition coefficient (Wildman–Crippen LogP) is 2.93. The third kappa shape index (κ3) is 4.07. The summed E-state index contributed by atoms with van der Waals surface area (Å²) in [6.07, 6.45) is 0. The number of carbonyl (C=O) groups is 1. The van der Waals surface area contributed by atoms with Crippen LogP contribution in [0.2, 0.25) is 5.02 Å². The average molecular weight is 367 g/mol. The normalized spacial score (nSPS) is 11.2. The van der Waals surface area contributed by atoms with Gasteiger partial charge in [-0.15, -0.1) is 0 Å². The maximum absolute atomic E-state index is 13.0. The molecular weight excluding hydrogens is 348 g/mol. The Morgan fingerprint density at radius 2 is 1.54 bits per heavy atom. The molecule has 1 amide bonds. The van der Waals surface area contributed by atoms with Crippen LogP contribution in [0.3, 0.4) is 0 Å². The maximum atomic E-state index is 13.0. The smallest absolute Gasteiger partial charge is 0.264 e. The van der Waals surface area contributed by atoms with Crippen molar-refractivity contribution in [2.45, 2.75) is 11.8 Å². The number of nitrogens with zero attached hydrogens (tertiary/aromatic N) is 2. The third-order valence-corrected chi connectivity index (χ3v) is 5.54. The van der Waals surface area contributed by atoms with Gasteiger partial charge in [0.1, 0.15) is 6.54 Å². The van der Waals surface area contributed by atoms with Crippen LogP contribution in [0.4, 0.5) is 5.69 Å². The van der Waals surface area contributed by atoms with Gasteiger partial charge in [0.05, 0.1) is 10.6 Å². The van der Waals surface area contributed by atoms with Crippen molar-refractivity contribution in [1.29, 1.82) is 0 Å². The Bertz CT molecular complexity index is 816. The molecule has 2 rings (SSSR count). The summed E-state index contributed by atoms with van der Waals surface area (Å²) < 4.78 is 27.1. The molecule has 0 aromatic heterocycles. The summed E-state index contributed by atoms with van der Waals surface area (Å²) in [5.41, 5.74) is 1.34. The second kappa shape index (κ2) is 7.23. The molecular formula is C17H19ClN2O3S. The Kier molecular flexibility index (Phi) is 5.51. The SMILES string of the molecule is Cc1ccc(S(=O)(=O)N(CC(=O)N(C)C)c2ccc(Cl)cc2)cc1. The van der Waals surface area contributed by atoms with Crippen molar-refractivity contribution in [1.82, 2.24) is 4.90 Å². The van der Waals surface area contributed by atoms with Crippen LogP contribution in [0, 0.1) is 6.92 Å². The number of benzene rings is 2. The fourth-order valence-electron chi connectivity index (χ4n) is 2.02. The molecule has 7 heteroatoms. The number of halogens is 1. The van der Waals surface area contributed by atoms with Gasteiger partial charge in [0.25, 0.3) is 10.0 Å². The number of amides is 1. The summed E-state index contributed by atoms with van der Waals surface area (Å²) in [7, 11) is -0.701. The van der Waals surface area contributed by atoms with E-state index in [0.717, 1.165) is 9.87 Å². The van der Waals surface area contributed by atoms with Gasteiger partial charge in [-0.2, -0.15) is 0 Å². The monoisotopic (exact) mass is 366 g/mol. The lowest BCUT2D eigenvalue weighted by Gasteiger charge is -2.25. The summed E-state index contributed by atoms with van der Waals surface area (Å²) in [5.74, 6) is -0.319. The van der Waals surface area contributed by atoms with E-state index in [0.29, 0.717) is 10.7 Å². The molecule has 0 spiro atoms. The molecule has 0 saturated heterocycles. The van der Waals surface area contributed by atoms with Gasteiger partial charge in [0.15, 0.2) is 0 Å². The van der Waals surface area contributed by atoms with Gasteiger partial charge in [-0.1, -0.05) is 29.3 Å². The second-order valence-corrected chi connectivity index (χ2v) is 7.89. The number of hydrogen-bond donors (Lipinski definition) is 0. The van der Waals surface area contributed by atoms with E-state index in [4.69, 9.17) is 11.6 Å². The summed E-state index contributed by atoms with van der Waals surface area (Å²) >= 11 is 5.88. The number of sulfonamides is 1. The molecule has 0 aliphatic carbocycles. The molecule has 0 bridgehead atoms. The first-order valence-corrected chi connectivity index (χ1v) is 9.09. The van der Waals surface area contributed by atoms with Crippen LogP contribution in [-0.4, -0.2) is 39.9 Å². The van der Waals surface area contributed by atoms with Crippen molar-refractivity contribution in [3.8, 4) is 0 Å². The quantitative estimate of drug-likeness (QED) is 0.817. The highest BCUT2D eigenvalue weighted by atomic mass is 35.5. The van der Waals surface area contributed by atoms with Crippen LogP contribution in [-0.2, 0) is 14.8 Å². The number of aryl methyl sites for hydroxylation is 1. The lowest BCUT2D eigenvalue weighted by Crippen LogP contribution is -2.40. The van der Waals surface area contributed by atoms with Crippen LogP contribution >= 0.6 is 11.6 Å². The zero-order chi connectivity index (χ0) is 17.9. The lowest BCUT2D eigenvalue weighted by atomic mass is 10.2. The number of rotatable bonds is 5. The van der Waals surface area contributed by atoms with Crippen LogP contribution < -0.4 is 4.31 Å². The van der Waals surface area contributed by atoms with E-state index in [2.05, 4.69) is 0 Å². The number of carbonyl (C=O) groups excluding carboxylic acids is 1. The Morgan fingerprint density at radius 1 is 1.00 bits per heavy atom. The minimum absolute atomic E-state index is 0.134. The molecule has 0 aliphatic rings. The lowest BCUT2D eigenvalue weighted by molar-refractivity contribution is -0.127. The van der Waals surface area contributed by atoms with Crippen LogP contribution in [0.15, 0.2) is 53.4 Å². The van der Waals surface area contributed by atoms with Crippen LogP contribution in [0.25, 0.3) is 0 Å². The number of anilines is 1. The van der Waals surface area contributed by atoms with Gasteiger partial charge in [-0.25, -0.2) is 8.42 Å². The minimum atomic E-state index is -3.87. The van der Waals surface area contributed by atoms with Gasteiger partial charge >= 0.3 is 0 Å². The van der Waals surface area contributed by atoms with Crippen molar-refractivity contribution >= 4 is 33.2 Å². The molecule has 0 radical (unpaired) electrons. The Labute approximate surface area is 147 Å². The van der Waals surface area contributed by atoms with Crippen molar-refractivity contribution in [3.63, 3.8) is 0 Å². The topological polar surface area (TPSA) is 57.7 Å². The molecule has 0 aliphatic heterocycles. The average Bonchev–Trinajstić information content (AvgIpc) is 2.53. The van der Waals surface area contributed by atoms with Crippen molar-refractivity contribution in [2.75, 3.05) is 24.9 Å². The molecule has 5 nitrogen and oxygen atoms in total. The molecule has 0 N–H and O–H groups in total. The number of likely N-dealkylation sites (N-methyl/N-ethyl adjacent to an activating group) is 1. The molecule has 0 unspecified atom stereocenters. The first-order chi connectivity index (χ1) is 11.2. The Morgan fingerprint density at radius 3 is 2.04 bits per heavy atom. The molecule has 24 heavy (non-hydrogen) atoms. The van der Waals surface area contributed by atoms with E-state index < -0.39 is 10.0 Å². The van der Waals surface area contributed by atoms with Crippen LogP contribution in [0.1, 0.15) is 5.56 Å². The van der Waals surface area contributed by atoms with Crippen molar-refractivity contribution < 1.29 is 13.2 Å². The van der Waals surface area contributed by atoms with E-state index in [-0.39, 0.29) is 17.3 Å². The predicted molar refractivity (Wildman–Crippen MR) is 95.9 cm³/mol. The number of hydrogen-bond acceptors (Lipinski definition) is 3. The maximum Gasteiger partial charge on any atom is 0.264 e. The summed E-state index contributed by atoms with van der Waals surface area (Å²) in [6, 6.07) is 12.9. The van der Waals surface area contributed by atoms with Gasteiger partial charge in [0.2, 0.25) is 5.91 Å². The minimum Gasteiger partial charge on any atom is -0.347 e. The molecule has 0 atom stereocenters. The standard InChI is InChI=1S/C17H19ClN2O3S/c1-13-4-10-16(11-5-13)24(22,23)20(12-17(21)19(2)3)15-8-6-14(18)7-9-15/h4-11H,12H2,1-3H3. The highest BCUT2D eigenvalue weighted by molar-refractivity contribution is 7.92. The van der Waals surface area contributed by atoms with Gasteiger partial charge in [-0.05, 0) is 43.3 Å². The molecule has 0 heterocycles. The van der Waals surface area contributed by atoms with E-state index >= 15 is 0 Å². The second-order valence-electron chi connectivity index (χ2n) is 5.59. The zero-order valence-electron chi connectivity index (χ0n) is 13.7. The molecule has 0 saturated carbocycles. The fourth-order valence-corrected chi connectivity index (χ4v) is 3.56. The van der Waals surface area contributed by atoms with Gasteiger partial charge in [0, 0.05) is 19.1 Å². The zero-order valence-corrected chi connectivity index (χ0v) is 15.3. The van der Waals surface area contributed by atoms with E-state index in [1.54, 1.807) is 50.5 Å². The Hall–Kier alpha value is -2.05. The summed E-state index contributed by atoms with van der Waals surface area (Å²) in [4.78, 5) is 13.6.